The van der Waals surface area contributed by atoms with E-state index < -0.39 is 5.79 Å². The van der Waals surface area contributed by atoms with Gasteiger partial charge in [-0.3, -0.25) is 0 Å². The van der Waals surface area contributed by atoms with Gasteiger partial charge in [-0.2, -0.15) is 0 Å². The van der Waals surface area contributed by atoms with Gasteiger partial charge in [-0.15, -0.1) is 0 Å². The van der Waals surface area contributed by atoms with Crippen LogP contribution in [-0.2, 0) is 4.84 Å². The zero-order valence-corrected chi connectivity index (χ0v) is 5.70. The molecule has 0 radical (unpaired) electrons. The predicted molar refractivity (Wildman–Crippen MR) is 34.0 cm³/mol. The molecule has 1 rings (SSSR count). The second-order valence-electron chi connectivity index (χ2n) is 2.20. The molecular formula is C5H8N2O3. The number of oxime groups is 2. The molecule has 0 aliphatic carbocycles. The van der Waals surface area contributed by atoms with Gasteiger partial charge in [0.25, 0.3) is 5.79 Å². The van der Waals surface area contributed by atoms with Crippen molar-refractivity contribution in [3.8, 4) is 0 Å². The first-order chi connectivity index (χ1) is 4.58. The summed E-state index contributed by atoms with van der Waals surface area (Å²) in [5.41, 5.74) is 0.431. The van der Waals surface area contributed by atoms with Crippen LogP contribution in [0.1, 0.15) is 13.8 Å². The van der Waals surface area contributed by atoms with Crippen LogP contribution in [0.15, 0.2) is 10.3 Å². The fourth-order valence-electron chi connectivity index (χ4n) is 0.745. The van der Waals surface area contributed by atoms with E-state index in [9.17, 15) is 5.11 Å². The van der Waals surface area contributed by atoms with Crippen LogP contribution in [0.25, 0.3) is 0 Å². The van der Waals surface area contributed by atoms with Gasteiger partial charge in [0, 0.05) is 6.92 Å². The van der Waals surface area contributed by atoms with Gasteiger partial charge in [-0.25, -0.2) is 0 Å². The molecule has 1 aliphatic heterocycles. The summed E-state index contributed by atoms with van der Waals surface area (Å²) in [6.45, 7) is 2.93. The van der Waals surface area contributed by atoms with Crippen LogP contribution in [0.2, 0.25) is 0 Å². The van der Waals surface area contributed by atoms with Crippen molar-refractivity contribution in [2.24, 2.45) is 10.3 Å². The molecule has 0 saturated heterocycles. The third kappa shape index (κ3) is 0.841. The van der Waals surface area contributed by atoms with E-state index in [0.717, 1.165) is 0 Å². The summed E-state index contributed by atoms with van der Waals surface area (Å²) < 4.78 is 0. The molecule has 0 aromatic carbocycles. The summed E-state index contributed by atoms with van der Waals surface area (Å²) in [5, 5.41) is 23.8. The molecule has 56 valence electrons. The quantitative estimate of drug-likeness (QED) is 0.369. The smallest absolute Gasteiger partial charge is 0.280 e. The monoisotopic (exact) mass is 144 g/mol. The highest BCUT2D eigenvalue weighted by Gasteiger charge is 2.38. The van der Waals surface area contributed by atoms with Crippen molar-refractivity contribution >= 4 is 11.4 Å². The van der Waals surface area contributed by atoms with E-state index in [1.165, 1.54) is 6.92 Å². The second kappa shape index (κ2) is 1.95. The van der Waals surface area contributed by atoms with Gasteiger partial charge >= 0.3 is 0 Å². The summed E-state index contributed by atoms with van der Waals surface area (Å²) in [6.07, 6.45) is 0. The molecule has 1 heterocycles. The molecule has 0 spiro atoms. The Morgan fingerprint density at radius 2 is 2.30 bits per heavy atom. The van der Waals surface area contributed by atoms with E-state index in [1.54, 1.807) is 6.92 Å². The Bertz CT molecular complexity index is 207. The molecule has 0 amide bonds. The molecule has 5 heteroatoms. The Labute approximate surface area is 57.6 Å². The van der Waals surface area contributed by atoms with Crippen LogP contribution in [-0.4, -0.2) is 27.5 Å². The molecule has 0 fully saturated rings. The lowest BCUT2D eigenvalue weighted by molar-refractivity contribution is -0.127. The minimum absolute atomic E-state index is 0.0486. The average Bonchev–Trinajstić information content (AvgIpc) is 2.07. The number of aliphatic hydroxyl groups is 1. The molecular weight excluding hydrogens is 136 g/mol. The Kier molecular flexibility index (Phi) is 1.37. The summed E-state index contributed by atoms with van der Waals surface area (Å²) >= 11 is 0. The highest BCUT2D eigenvalue weighted by atomic mass is 16.7. The largest absolute Gasteiger partial charge is 0.410 e. The highest BCUT2D eigenvalue weighted by molar-refractivity contribution is 6.44. The van der Waals surface area contributed by atoms with Gasteiger partial charge in [0.2, 0.25) is 0 Å². The molecule has 2 N–H and O–H groups in total. The highest BCUT2D eigenvalue weighted by Crippen LogP contribution is 2.16. The Morgan fingerprint density at radius 1 is 1.70 bits per heavy atom. The fourth-order valence-corrected chi connectivity index (χ4v) is 0.745. The lowest BCUT2D eigenvalue weighted by Crippen LogP contribution is -2.35. The van der Waals surface area contributed by atoms with Gasteiger partial charge in [0.05, 0.1) is 0 Å². The van der Waals surface area contributed by atoms with Crippen LogP contribution in [0.5, 0.6) is 0 Å². The van der Waals surface area contributed by atoms with Gasteiger partial charge in [-0.05, 0) is 6.92 Å². The van der Waals surface area contributed by atoms with Crippen LogP contribution in [0.4, 0.5) is 0 Å². The minimum Gasteiger partial charge on any atom is -0.410 e. The number of rotatable bonds is 0. The normalized spacial score (nSPS) is 35.9. The standard InChI is InChI=1S/C5H8N2O3/c1-3-4(6-9)5(2,8)10-7-3/h8-9H,1-2H3/b6-4+. The van der Waals surface area contributed by atoms with Crippen molar-refractivity contribution in [2.45, 2.75) is 19.6 Å². The fraction of sp³-hybridized carbons (Fsp3) is 0.600. The Morgan fingerprint density at radius 3 is 2.50 bits per heavy atom. The van der Waals surface area contributed by atoms with E-state index in [-0.39, 0.29) is 5.71 Å². The first kappa shape index (κ1) is 7.01. The van der Waals surface area contributed by atoms with Crippen LogP contribution in [0, 0.1) is 0 Å². The average molecular weight is 144 g/mol. The molecule has 5 nitrogen and oxygen atoms in total. The van der Waals surface area contributed by atoms with Crippen molar-refractivity contribution in [2.75, 3.05) is 0 Å². The number of hydrogen-bond donors (Lipinski definition) is 2. The van der Waals surface area contributed by atoms with E-state index in [1.807, 2.05) is 0 Å². The van der Waals surface area contributed by atoms with Crippen molar-refractivity contribution < 1.29 is 15.2 Å². The predicted octanol–water partition coefficient (Wildman–Crippen LogP) is -0.0688. The van der Waals surface area contributed by atoms with E-state index in [2.05, 4.69) is 15.1 Å². The minimum atomic E-state index is -1.57. The van der Waals surface area contributed by atoms with E-state index in [4.69, 9.17) is 5.21 Å². The summed E-state index contributed by atoms with van der Waals surface area (Å²) in [5.74, 6) is -1.57. The first-order valence-corrected chi connectivity index (χ1v) is 2.76. The van der Waals surface area contributed by atoms with E-state index >= 15 is 0 Å². The summed E-state index contributed by atoms with van der Waals surface area (Å²) in [4.78, 5) is 4.51. The molecule has 1 aliphatic rings. The van der Waals surface area contributed by atoms with Gasteiger partial charge in [0.15, 0.2) is 5.71 Å². The van der Waals surface area contributed by atoms with Gasteiger partial charge in [-0.1, -0.05) is 10.3 Å². The maximum atomic E-state index is 9.20. The maximum Gasteiger partial charge on any atom is 0.280 e. The Balaban J connectivity index is 2.95. The zero-order chi connectivity index (χ0) is 7.78. The number of nitrogens with zero attached hydrogens (tertiary/aromatic N) is 2. The molecule has 1 atom stereocenters. The van der Waals surface area contributed by atoms with Gasteiger partial charge < -0.3 is 15.2 Å². The third-order valence-corrected chi connectivity index (χ3v) is 1.24. The van der Waals surface area contributed by atoms with Crippen LogP contribution in [0.3, 0.4) is 0 Å². The topological polar surface area (TPSA) is 74.4 Å². The van der Waals surface area contributed by atoms with E-state index in [0.29, 0.717) is 5.71 Å². The molecule has 0 bridgehead atoms. The summed E-state index contributed by atoms with van der Waals surface area (Å²) in [7, 11) is 0. The number of hydrogen-bond acceptors (Lipinski definition) is 5. The van der Waals surface area contributed by atoms with Crippen LogP contribution < -0.4 is 0 Å². The first-order valence-electron chi connectivity index (χ1n) is 2.76. The SMILES string of the molecule is CC1=NOC(C)(O)/C1=N/O. The maximum absolute atomic E-state index is 9.20. The lowest BCUT2D eigenvalue weighted by Gasteiger charge is -2.12. The van der Waals surface area contributed by atoms with Gasteiger partial charge in [0.1, 0.15) is 5.71 Å². The van der Waals surface area contributed by atoms with Crippen molar-refractivity contribution in [3.05, 3.63) is 0 Å². The molecule has 0 aromatic heterocycles. The lowest BCUT2D eigenvalue weighted by atomic mass is 10.1. The molecule has 0 aromatic rings. The zero-order valence-electron chi connectivity index (χ0n) is 5.70. The third-order valence-electron chi connectivity index (χ3n) is 1.24. The molecule has 1 unspecified atom stereocenters. The van der Waals surface area contributed by atoms with Crippen molar-refractivity contribution in [3.63, 3.8) is 0 Å². The molecule has 10 heavy (non-hydrogen) atoms. The summed E-state index contributed by atoms with van der Waals surface area (Å²) in [6, 6.07) is 0. The second-order valence-corrected chi connectivity index (χ2v) is 2.20. The Hall–Kier alpha value is -1.10. The molecule has 0 saturated carbocycles. The van der Waals surface area contributed by atoms with Crippen molar-refractivity contribution in [1.82, 2.24) is 0 Å². The van der Waals surface area contributed by atoms with Crippen molar-refractivity contribution in [1.29, 1.82) is 0 Å². The van der Waals surface area contributed by atoms with Crippen LogP contribution >= 0.6 is 0 Å².